The van der Waals surface area contributed by atoms with Crippen LogP contribution >= 0.6 is 0 Å². The van der Waals surface area contributed by atoms with Gasteiger partial charge in [0, 0.05) is 24.1 Å². The Balaban J connectivity index is 1.76. The summed E-state index contributed by atoms with van der Waals surface area (Å²) in [5.41, 5.74) is 1.65. The first-order chi connectivity index (χ1) is 10.6. The van der Waals surface area contributed by atoms with Gasteiger partial charge in [0.2, 0.25) is 0 Å². The van der Waals surface area contributed by atoms with Gasteiger partial charge in [-0.15, -0.1) is 0 Å². The highest BCUT2D eigenvalue weighted by molar-refractivity contribution is 5.54. The summed E-state index contributed by atoms with van der Waals surface area (Å²) in [5, 5.41) is 17.5. The first-order valence-electron chi connectivity index (χ1n) is 6.52. The Morgan fingerprint density at radius 1 is 1.09 bits per heavy atom. The summed E-state index contributed by atoms with van der Waals surface area (Å²) >= 11 is 0. The van der Waals surface area contributed by atoms with E-state index < -0.39 is 4.92 Å². The molecule has 0 atom stereocenters. The molecule has 0 saturated carbocycles. The third-order valence-corrected chi connectivity index (χ3v) is 3.15. The number of nitro benzene ring substituents is 1. The minimum Gasteiger partial charge on any atom is -0.262 e. The van der Waals surface area contributed by atoms with E-state index in [9.17, 15) is 14.5 Å². The highest BCUT2D eigenvalue weighted by Gasteiger charge is 2.08. The van der Waals surface area contributed by atoms with Crippen LogP contribution in [-0.4, -0.2) is 20.1 Å². The van der Waals surface area contributed by atoms with E-state index in [0.717, 1.165) is 5.56 Å². The molecule has 2 aromatic carbocycles. The van der Waals surface area contributed by atoms with E-state index in [2.05, 4.69) is 15.2 Å². The summed E-state index contributed by atoms with van der Waals surface area (Å²) in [7, 11) is 0. The fraction of sp³-hybridized carbons (Fsp3) is 0.0667. The summed E-state index contributed by atoms with van der Waals surface area (Å²) in [5.74, 6) is 0.801. The zero-order chi connectivity index (χ0) is 15.5. The number of nitro groups is 1. The molecule has 6 nitrogen and oxygen atoms in total. The number of halogens is 1. The number of aromatic amines is 1. The second-order valence-corrected chi connectivity index (χ2v) is 4.71. The molecule has 0 aliphatic heterocycles. The van der Waals surface area contributed by atoms with Gasteiger partial charge in [0.05, 0.1) is 4.92 Å². The van der Waals surface area contributed by atoms with Gasteiger partial charge < -0.3 is 0 Å². The molecule has 1 aromatic heterocycles. The fourth-order valence-corrected chi connectivity index (χ4v) is 2.03. The van der Waals surface area contributed by atoms with Crippen LogP contribution in [0.2, 0.25) is 0 Å². The zero-order valence-electron chi connectivity index (χ0n) is 11.4. The molecule has 0 aliphatic rings. The first-order valence-corrected chi connectivity index (χ1v) is 6.52. The SMILES string of the molecule is O=[N+]([O-])c1ccc(Cc2nc(-c3ccc(F)cc3)n[nH]2)cc1. The highest BCUT2D eigenvalue weighted by atomic mass is 19.1. The van der Waals surface area contributed by atoms with Crippen LogP contribution in [0.1, 0.15) is 11.4 Å². The molecule has 0 amide bonds. The Hall–Kier alpha value is -3.09. The molecular weight excluding hydrogens is 287 g/mol. The molecule has 1 N–H and O–H groups in total. The number of H-pyrrole nitrogens is 1. The van der Waals surface area contributed by atoms with Gasteiger partial charge in [0.1, 0.15) is 11.6 Å². The van der Waals surface area contributed by atoms with Crippen LogP contribution in [0.15, 0.2) is 48.5 Å². The molecule has 0 unspecified atom stereocenters. The van der Waals surface area contributed by atoms with Crippen molar-refractivity contribution in [3.63, 3.8) is 0 Å². The zero-order valence-corrected chi connectivity index (χ0v) is 11.4. The number of rotatable bonds is 4. The summed E-state index contributed by atoms with van der Waals surface area (Å²) in [6, 6.07) is 12.2. The smallest absolute Gasteiger partial charge is 0.262 e. The maximum absolute atomic E-state index is 12.9. The third-order valence-electron chi connectivity index (χ3n) is 3.15. The number of benzene rings is 2. The molecule has 3 aromatic rings. The van der Waals surface area contributed by atoms with E-state index in [1.165, 1.54) is 24.3 Å². The van der Waals surface area contributed by atoms with Crippen LogP contribution in [-0.2, 0) is 6.42 Å². The van der Waals surface area contributed by atoms with E-state index in [1.807, 2.05) is 0 Å². The van der Waals surface area contributed by atoms with E-state index in [1.54, 1.807) is 24.3 Å². The Morgan fingerprint density at radius 2 is 1.77 bits per heavy atom. The molecule has 0 radical (unpaired) electrons. The van der Waals surface area contributed by atoms with Gasteiger partial charge in [-0.2, -0.15) is 5.10 Å². The summed E-state index contributed by atoms with van der Waals surface area (Å²) in [6.45, 7) is 0. The van der Waals surface area contributed by atoms with Gasteiger partial charge in [-0.3, -0.25) is 15.2 Å². The number of hydrogen-bond acceptors (Lipinski definition) is 4. The van der Waals surface area contributed by atoms with Crippen molar-refractivity contribution >= 4 is 5.69 Å². The van der Waals surface area contributed by atoms with Gasteiger partial charge in [-0.05, 0) is 29.8 Å². The van der Waals surface area contributed by atoms with Crippen molar-refractivity contribution in [2.24, 2.45) is 0 Å². The van der Waals surface area contributed by atoms with Gasteiger partial charge >= 0.3 is 0 Å². The Kier molecular flexibility index (Phi) is 3.61. The van der Waals surface area contributed by atoms with Crippen molar-refractivity contribution in [2.45, 2.75) is 6.42 Å². The van der Waals surface area contributed by atoms with Gasteiger partial charge in [0.25, 0.3) is 5.69 Å². The van der Waals surface area contributed by atoms with E-state index in [4.69, 9.17) is 0 Å². The topological polar surface area (TPSA) is 84.7 Å². The number of nitrogens with one attached hydrogen (secondary N) is 1. The average Bonchev–Trinajstić information content (AvgIpc) is 2.97. The summed E-state index contributed by atoms with van der Waals surface area (Å²) < 4.78 is 12.9. The van der Waals surface area contributed by atoms with Crippen LogP contribution < -0.4 is 0 Å². The molecule has 0 saturated heterocycles. The van der Waals surface area contributed by atoms with Crippen LogP contribution in [0, 0.1) is 15.9 Å². The lowest BCUT2D eigenvalue weighted by atomic mass is 10.1. The Labute approximate surface area is 124 Å². The van der Waals surface area contributed by atoms with Crippen LogP contribution in [0.4, 0.5) is 10.1 Å². The normalized spacial score (nSPS) is 10.6. The lowest BCUT2D eigenvalue weighted by Gasteiger charge is -1.97. The van der Waals surface area contributed by atoms with Crippen LogP contribution in [0.5, 0.6) is 0 Å². The number of nitrogens with zero attached hydrogens (tertiary/aromatic N) is 3. The van der Waals surface area contributed by atoms with E-state index in [-0.39, 0.29) is 11.5 Å². The van der Waals surface area contributed by atoms with Gasteiger partial charge in [-0.25, -0.2) is 9.37 Å². The predicted molar refractivity (Wildman–Crippen MR) is 77.7 cm³/mol. The molecule has 1 heterocycles. The summed E-state index contributed by atoms with van der Waals surface area (Å²) in [4.78, 5) is 14.5. The molecule has 0 spiro atoms. The van der Waals surface area contributed by atoms with Gasteiger partial charge in [-0.1, -0.05) is 12.1 Å². The Morgan fingerprint density at radius 3 is 2.41 bits per heavy atom. The molecular formula is C15H11FN4O2. The number of hydrogen-bond donors (Lipinski definition) is 1. The monoisotopic (exact) mass is 298 g/mol. The van der Waals surface area contributed by atoms with Crippen molar-refractivity contribution in [1.29, 1.82) is 0 Å². The summed E-state index contributed by atoms with van der Waals surface area (Å²) in [6.07, 6.45) is 0.478. The number of non-ortho nitro benzene ring substituents is 1. The van der Waals surface area contributed by atoms with Crippen molar-refractivity contribution < 1.29 is 9.31 Å². The molecule has 0 bridgehead atoms. The standard InChI is InChI=1S/C15H11FN4O2/c16-12-5-3-11(4-6-12)15-17-14(18-19-15)9-10-1-7-13(8-2-10)20(21)22/h1-8H,9H2,(H,17,18,19). The van der Waals surface area contributed by atoms with Crippen molar-refractivity contribution in [1.82, 2.24) is 15.2 Å². The third kappa shape index (κ3) is 2.98. The largest absolute Gasteiger partial charge is 0.269 e. The van der Waals surface area contributed by atoms with Crippen LogP contribution in [0.3, 0.4) is 0 Å². The molecule has 3 rings (SSSR count). The second kappa shape index (κ2) is 5.72. The lowest BCUT2D eigenvalue weighted by molar-refractivity contribution is -0.384. The minimum atomic E-state index is -0.440. The minimum absolute atomic E-state index is 0.0494. The molecule has 0 fully saturated rings. The van der Waals surface area contributed by atoms with Crippen molar-refractivity contribution in [3.8, 4) is 11.4 Å². The highest BCUT2D eigenvalue weighted by Crippen LogP contribution is 2.17. The molecule has 7 heteroatoms. The number of aromatic nitrogens is 3. The predicted octanol–water partition coefficient (Wildman–Crippen LogP) is 3.11. The van der Waals surface area contributed by atoms with E-state index >= 15 is 0 Å². The first kappa shape index (κ1) is 13.9. The fourth-order valence-electron chi connectivity index (χ4n) is 2.03. The Bertz CT molecular complexity index is 797. The van der Waals surface area contributed by atoms with Crippen molar-refractivity contribution in [2.75, 3.05) is 0 Å². The quantitative estimate of drug-likeness (QED) is 0.592. The average molecular weight is 298 g/mol. The van der Waals surface area contributed by atoms with Crippen molar-refractivity contribution in [3.05, 3.63) is 75.9 Å². The molecule has 110 valence electrons. The second-order valence-electron chi connectivity index (χ2n) is 4.71. The molecule has 22 heavy (non-hydrogen) atoms. The maximum Gasteiger partial charge on any atom is 0.269 e. The van der Waals surface area contributed by atoms with E-state index in [0.29, 0.717) is 23.6 Å². The maximum atomic E-state index is 12.9. The molecule has 0 aliphatic carbocycles. The van der Waals surface area contributed by atoms with Gasteiger partial charge in [0.15, 0.2) is 5.82 Å². The lowest BCUT2D eigenvalue weighted by Crippen LogP contribution is -1.92. The van der Waals surface area contributed by atoms with Crippen LogP contribution in [0.25, 0.3) is 11.4 Å².